The Bertz CT molecular complexity index is 479. The summed E-state index contributed by atoms with van der Waals surface area (Å²) in [5, 5.41) is 10.1. The average Bonchev–Trinajstić information content (AvgIpc) is 2.27. The summed E-state index contributed by atoms with van der Waals surface area (Å²) < 4.78 is 0. The van der Waals surface area contributed by atoms with Gasteiger partial charge in [0.1, 0.15) is 5.60 Å². The molecule has 1 aromatic rings. The molecule has 1 aromatic heterocycles. The third-order valence-corrected chi connectivity index (χ3v) is 3.63. The van der Waals surface area contributed by atoms with Gasteiger partial charge in [0.15, 0.2) is 0 Å². The van der Waals surface area contributed by atoms with Crippen LogP contribution in [0, 0.1) is 12.8 Å². The first kappa shape index (κ1) is 12.8. The van der Waals surface area contributed by atoms with E-state index in [1.54, 1.807) is 17.9 Å². The number of carbonyl (C=O) groups excluding carboxylic acids is 1. The highest BCUT2D eigenvalue weighted by molar-refractivity contribution is 5.96. The van der Waals surface area contributed by atoms with E-state index in [0.29, 0.717) is 30.0 Å². The van der Waals surface area contributed by atoms with E-state index in [2.05, 4.69) is 4.98 Å². The zero-order chi connectivity index (χ0) is 13.5. The van der Waals surface area contributed by atoms with E-state index in [9.17, 15) is 9.90 Å². The van der Waals surface area contributed by atoms with E-state index in [-0.39, 0.29) is 11.8 Å². The molecule has 0 unspecified atom stereocenters. The minimum atomic E-state index is -0.753. The second kappa shape index (κ2) is 4.24. The largest absolute Gasteiger partial charge is 0.397 e. The van der Waals surface area contributed by atoms with Gasteiger partial charge in [0.05, 0.1) is 36.2 Å². The van der Waals surface area contributed by atoms with Crippen molar-refractivity contribution >= 4 is 11.6 Å². The van der Waals surface area contributed by atoms with Crippen LogP contribution < -0.4 is 5.73 Å². The summed E-state index contributed by atoms with van der Waals surface area (Å²) in [7, 11) is 0. The van der Waals surface area contributed by atoms with Crippen LogP contribution >= 0.6 is 0 Å². The Morgan fingerprint density at radius 1 is 1.56 bits per heavy atom. The smallest absolute Gasteiger partial charge is 0.255 e. The second-order valence-electron chi connectivity index (χ2n) is 5.32. The Balaban J connectivity index is 2.13. The number of hydrogen-bond acceptors (Lipinski definition) is 4. The van der Waals surface area contributed by atoms with Gasteiger partial charge < -0.3 is 15.7 Å². The van der Waals surface area contributed by atoms with Crippen molar-refractivity contribution in [3.63, 3.8) is 0 Å². The minimum absolute atomic E-state index is 0.113. The highest BCUT2D eigenvalue weighted by Gasteiger charge is 2.46. The molecule has 1 aliphatic heterocycles. The summed E-state index contributed by atoms with van der Waals surface area (Å²) in [6.07, 6.45) is 1.53. The first-order chi connectivity index (χ1) is 8.33. The average molecular weight is 249 g/mol. The van der Waals surface area contributed by atoms with Gasteiger partial charge >= 0.3 is 0 Å². The molecule has 2 heterocycles. The number of aryl methyl sites for hydroxylation is 1. The van der Waals surface area contributed by atoms with Crippen molar-refractivity contribution in [1.29, 1.82) is 0 Å². The molecule has 5 nitrogen and oxygen atoms in total. The molecule has 0 radical (unpaired) electrons. The molecule has 18 heavy (non-hydrogen) atoms. The Morgan fingerprint density at radius 3 is 2.72 bits per heavy atom. The van der Waals surface area contributed by atoms with E-state index in [1.165, 1.54) is 6.20 Å². The van der Waals surface area contributed by atoms with Crippen molar-refractivity contribution in [1.82, 2.24) is 9.88 Å². The van der Waals surface area contributed by atoms with Crippen molar-refractivity contribution < 1.29 is 9.90 Å². The Kier molecular flexibility index (Phi) is 3.02. The van der Waals surface area contributed by atoms with Crippen molar-refractivity contribution in [2.24, 2.45) is 5.92 Å². The molecule has 2 rings (SSSR count). The number of pyridine rings is 1. The zero-order valence-electron chi connectivity index (χ0n) is 11.0. The second-order valence-corrected chi connectivity index (χ2v) is 5.32. The lowest BCUT2D eigenvalue weighted by molar-refractivity contribution is -0.110. The van der Waals surface area contributed by atoms with E-state index in [0.717, 1.165) is 0 Å². The number of carbonyl (C=O) groups is 1. The number of anilines is 1. The number of nitrogens with two attached hydrogens (primary N) is 1. The molecule has 0 atom stereocenters. The summed E-state index contributed by atoms with van der Waals surface area (Å²) in [5.41, 5.74) is 6.54. The third-order valence-electron chi connectivity index (χ3n) is 3.63. The molecule has 0 saturated carbocycles. The van der Waals surface area contributed by atoms with E-state index in [1.807, 2.05) is 13.8 Å². The Morgan fingerprint density at radius 2 is 2.17 bits per heavy atom. The first-order valence-electron chi connectivity index (χ1n) is 6.07. The molecule has 0 aromatic carbocycles. The van der Waals surface area contributed by atoms with Gasteiger partial charge in [0.2, 0.25) is 0 Å². The molecule has 0 aliphatic carbocycles. The number of aliphatic hydroxyl groups is 1. The van der Waals surface area contributed by atoms with Gasteiger partial charge in [0, 0.05) is 0 Å². The van der Waals surface area contributed by atoms with E-state index >= 15 is 0 Å². The number of aromatic nitrogens is 1. The fourth-order valence-electron chi connectivity index (χ4n) is 2.06. The number of β-amino-alcohol motifs (C(OH)–C–C–N with tert-alkyl or cyclic N) is 1. The van der Waals surface area contributed by atoms with Gasteiger partial charge in [-0.3, -0.25) is 9.78 Å². The van der Waals surface area contributed by atoms with Gasteiger partial charge in [-0.05, 0) is 18.9 Å². The zero-order valence-corrected chi connectivity index (χ0v) is 11.0. The van der Waals surface area contributed by atoms with Gasteiger partial charge in [0.25, 0.3) is 5.91 Å². The van der Waals surface area contributed by atoms with Crippen LogP contribution in [0.25, 0.3) is 0 Å². The first-order valence-corrected chi connectivity index (χ1v) is 6.07. The van der Waals surface area contributed by atoms with Crippen LogP contribution in [-0.4, -0.2) is 39.6 Å². The van der Waals surface area contributed by atoms with E-state index in [4.69, 9.17) is 5.73 Å². The van der Waals surface area contributed by atoms with Gasteiger partial charge in [-0.25, -0.2) is 0 Å². The summed E-state index contributed by atoms with van der Waals surface area (Å²) >= 11 is 0. The lowest BCUT2D eigenvalue weighted by Gasteiger charge is -2.49. The topological polar surface area (TPSA) is 79.5 Å². The molecule has 0 spiro atoms. The highest BCUT2D eigenvalue weighted by Crippen LogP contribution is 2.30. The maximum Gasteiger partial charge on any atom is 0.255 e. The van der Waals surface area contributed by atoms with Crippen LogP contribution in [-0.2, 0) is 0 Å². The molecule has 0 bridgehead atoms. The van der Waals surface area contributed by atoms with Gasteiger partial charge in [-0.2, -0.15) is 0 Å². The number of likely N-dealkylation sites (tertiary alicyclic amines) is 1. The number of hydrogen-bond donors (Lipinski definition) is 2. The summed E-state index contributed by atoms with van der Waals surface area (Å²) in [6.45, 7) is 6.43. The Hall–Kier alpha value is -1.62. The van der Waals surface area contributed by atoms with Gasteiger partial charge in [-0.15, -0.1) is 0 Å². The van der Waals surface area contributed by atoms with Crippen LogP contribution in [0.15, 0.2) is 12.3 Å². The summed E-state index contributed by atoms with van der Waals surface area (Å²) in [4.78, 5) is 17.9. The van der Waals surface area contributed by atoms with Crippen molar-refractivity contribution in [3.8, 4) is 0 Å². The van der Waals surface area contributed by atoms with Crippen molar-refractivity contribution in [2.45, 2.75) is 26.4 Å². The maximum atomic E-state index is 12.2. The molecule has 1 amide bonds. The number of amides is 1. The van der Waals surface area contributed by atoms with Crippen LogP contribution in [0.5, 0.6) is 0 Å². The summed E-state index contributed by atoms with van der Waals surface area (Å²) in [6, 6.07) is 1.64. The molecular weight excluding hydrogens is 230 g/mol. The minimum Gasteiger partial charge on any atom is -0.397 e. The predicted octanol–water partition coefficient (Wildman–Crippen LogP) is 0.815. The number of nitrogen functional groups attached to an aromatic ring is 1. The Labute approximate surface area is 107 Å². The fourth-order valence-corrected chi connectivity index (χ4v) is 2.06. The summed E-state index contributed by atoms with van der Waals surface area (Å²) in [5.74, 6) is 0.0271. The number of rotatable bonds is 2. The molecule has 1 saturated heterocycles. The third kappa shape index (κ3) is 2.06. The van der Waals surface area contributed by atoms with Gasteiger partial charge in [-0.1, -0.05) is 13.8 Å². The lowest BCUT2D eigenvalue weighted by atomic mass is 9.82. The molecule has 3 N–H and O–H groups in total. The van der Waals surface area contributed by atoms with E-state index < -0.39 is 5.60 Å². The molecule has 5 heteroatoms. The molecule has 98 valence electrons. The monoisotopic (exact) mass is 249 g/mol. The highest BCUT2D eigenvalue weighted by atomic mass is 16.3. The molecule has 1 aliphatic rings. The quantitative estimate of drug-likeness (QED) is 0.813. The van der Waals surface area contributed by atoms with Crippen LogP contribution in [0.4, 0.5) is 5.69 Å². The predicted molar refractivity (Wildman–Crippen MR) is 69.1 cm³/mol. The number of nitrogens with zero attached hydrogens (tertiary/aromatic N) is 2. The van der Waals surface area contributed by atoms with Crippen LogP contribution in [0.2, 0.25) is 0 Å². The van der Waals surface area contributed by atoms with Crippen LogP contribution in [0.1, 0.15) is 29.9 Å². The maximum absolute atomic E-state index is 12.2. The van der Waals surface area contributed by atoms with Crippen LogP contribution in [0.3, 0.4) is 0 Å². The standard InChI is InChI=1S/C13H19N3O2/c1-8(2)13(18)6-16(7-13)12(17)11-4-10(14)5-15-9(11)3/h4-5,8,18H,6-7,14H2,1-3H3. The molecule has 1 fully saturated rings. The molecular formula is C13H19N3O2. The van der Waals surface area contributed by atoms with Crippen molar-refractivity contribution in [2.75, 3.05) is 18.8 Å². The van der Waals surface area contributed by atoms with Crippen molar-refractivity contribution in [3.05, 3.63) is 23.5 Å². The lowest BCUT2D eigenvalue weighted by Crippen LogP contribution is -2.66. The normalized spacial score (nSPS) is 17.7. The fraction of sp³-hybridized carbons (Fsp3) is 0.538. The SMILES string of the molecule is Cc1ncc(N)cc1C(=O)N1CC(O)(C(C)C)C1.